The number of para-hydroxylation sites is 2. The molecular weight excluding hydrogens is 941 g/mol. The summed E-state index contributed by atoms with van der Waals surface area (Å²) in [5.74, 6) is 2.95. The summed E-state index contributed by atoms with van der Waals surface area (Å²) in [4.78, 5) is 25.2. The van der Waals surface area contributed by atoms with E-state index >= 15 is 0 Å². The molecule has 0 atom stereocenters. The molecule has 8 rings (SSSR count). The Kier molecular flexibility index (Phi) is 12.2. The number of pyridine rings is 1. The molecular formula is C53H60BN7Pt. The van der Waals surface area contributed by atoms with Crippen LogP contribution in [0.4, 0.5) is 22.9 Å². The van der Waals surface area contributed by atoms with Crippen molar-refractivity contribution in [2.45, 2.75) is 118 Å². The molecule has 62 heavy (non-hydrogen) atoms. The summed E-state index contributed by atoms with van der Waals surface area (Å²) in [5.41, 5.74) is 12.9. The Morgan fingerprint density at radius 1 is 0.677 bits per heavy atom. The smallest absolute Gasteiger partial charge is 0.440 e. The van der Waals surface area contributed by atoms with E-state index in [-0.39, 0.29) is 33.5 Å². The fraction of sp³-hybridized carbons (Fsp3) is 0.340. The van der Waals surface area contributed by atoms with Crippen LogP contribution in [0.15, 0.2) is 116 Å². The van der Waals surface area contributed by atoms with Gasteiger partial charge in [-0.2, -0.15) is 17.7 Å². The second kappa shape index (κ2) is 16.8. The Hall–Kier alpha value is -5.20. The number of fused-ring (bicyclic) bond motifs is 1. The fourth-order valence-electron chi connectivity index (χ4n) is 9.00. The zero-order valence-corrected chi connectivity index (χ0v) is 40.9. The van der Waals surface area contributed by atoms with E-state index in [2.05, 4.69) is 207 Å². The maximum atomic E-state index is 5.30. The van der Waals surface area contributed by atoms with Gasteiger partial charge >= 0.3 is 28.0 Å². The summed E-state index contributed by atoms with van der Waals surface area (Å²) in [5, 5.41) is 0. The van der Waals surface area contributed by atoms with Crippen molar-refractivity contribution in [1.29, 1.82) is 0 Å². The predicted octanol–water partition coefficient (Wildman–Crippen LogP) is 12.2. The van der Waals surface area contributed by atoms with Crippen LogP contribution in [0.3, 0.4) is 0 Å². The van der Waals surface area contributed by atoms with Gasteiger partial charge in [0.15, 0.2) is 0 Å². The van der Waals surface area contributed by atoms with Gasteiger partial charge in [-0.1, -0.05) is 165 Å². The maximum absolute atomic E-state index is 5.30. The number of hydrogen-bond donors (Lipinski definition) is 0. The van der Waals surface area contributed by atoms with Gasteiger partial charge < -0.3 is 19.6 Å². The van der Waals surface area contributed by atoms with Crippen molar-refractivity contribution >= 4 is 35.3 Å². The molecule has 0 saturated heterocycles. The van der Waals surface area contributed by atoms with Crippen molar-refractivity contribution < 1.29 is 21.1 Å². The molecule has 3 aromatic heterocycles. The van der Waals surface area contributed by atoms with Crippen LogP contribution in [0, 0.1) is 19.9 Å². The average Bonchev–Trinajstić information content (AvgIpc) is 3.99. The molecule has 0 bridgehead atoms. The van der Waals surface area contributed by atoms with E-state index in [1.807, 2.05) is 18.6 Å². The number of hydrogen-bond acceptors (Lipinski definition) is 5. The van der Waals surface area contributed by atoms with Crippen molar-refractivity contribution in [3.63, 3.8) is 0 Å². The Bertz CT molecular complexity index is 2660. The van der Waals surface area contributed by atoms with Gasteiger partial charge in [-0.05, 0) is 94.2 Å². The van der Waals surface area contributed by atoms with E-state index in [1.165, 1.54) is 39.0 Å². The van der Waals surface area contributed by atoms with Crippen LogP contribution in [0.5, 0.6) is 0 Å². The fourth-order valence-corrected chi connectivity index (χ4v) is 9.00. The van der Waals surface area contributed by atoms with Gasteiger partial charge in [0.25, 0.3) is 0 Å². The number of benzene rings is 4. The first-order valence-corrected chi connectivity index (χ1v) is 21.8. The quantitative estimate of drug-likeness (QED) is 0.100. The van der Waals surface area contributed by atoms with Crippen molar-refractivity contribution in [2.75, 3.05) is 9.62 Å². The molecule has 1 aliphatic rings. The summed E-state index contributed by atoms with van der Waals surface area (Å²) in [6, 6.07) is 37.0. The van der Waals surface area contributed by atoms with Crippen LogP contribution in [0.25, 0.3) is 17.3 Å². The van der Waals surface area contributed by atoms with Gasteiger partial charge in [0.1, 0.15) is 11.6 Å². The van der Waals surface area contributed by atoms with Crippen molar-refractivity contribution in [3.8, 4) is 17.3 Å². The summed E-state index contributed by atoms with van der Waals surface area (Å²) < 4.78 is 2.19. The Balaban J connectivity index is 0.00000578. The number of nitrogens with zero attached hydrogens (tertiary/aromatic N) is 7. The number of rotatable bonds is 10. The molecule has 0 saturated carbocycles. The largest absolute Gasteiger partial charge is 2.00 e. The molecule has 7 nitrogen and oxygen atoms in total. The molecule has 7 aromatic rings. The molecule has 0 fully saturated rings. The summed E-state index contributed by atoms with van der Waals surface area (Å²) in [6.45, 7) is 29.2. The van der Waals surface area contributed by atoms with Crippen LogP contribution < -0.4 is 20.1 Å². The minimum absolute atomic E-state index is 0. The summed E-state index contributed by atoms with van der Waals surface area (Å²) >= 11 is 0. The third-order valence-corrected chi connectivity index (χ3v) is 13.4. The van der Waals surface area contributed by atoms with Crippen LogP contribution in [0.1, 0.15) is 127 Å². The third kappa shape index (κ3) is 7.67. The van der Waals surface area contributed by atoms with Crippen LogP contribution in [-0.2, 0) is 37.3 Å². The Labute approximate surface area is 384 Å². The number of anilines is 4. The third-order valence-electron chi connectivity index (χ3n) is 13.4. The molecule has 0 aliphatic carbocycles. The molecule has 1 aliphatic heterocycles. The van der Waals surface area contributed by atoms with Gasteiger partial charge in [-0.15, -0.1) is 6.07 Å². The maximum Gasteiger partial charge on any atom is 2.00 e. The van der Waals surface area contributed by atoms with E-state index in [1.54, 1.807) is 0 Å². The zero-order chi connectivity index (χ0) is 43.6. The van der Waals surface area contributed by atoms with Crippen molar-refractivity contribution in [3.05, 3.63) is 161 Å². The Morgan fingerprint density at radius 3 is 1.95 bits per heavy atom. The van der Waals surface area contributed by atoms with Gasteiger partial charge in [0.2, 0.25) is 0 Å². The van der Waals surface area contributed by atoms with Gasteiger partial charge in [0, 0.05) is 24.3 Å². The molecule has 0 amide bonds. The van der Waals surface area contributed by atoms with E-state index in [9.17, 15) is 0 Å². The topological polar surface area (TPSA) is 64.2 Å². The van der Waals surface area contributed by atoms with Crippen LogP contribution in [-0.4, -0.2) is 26.5 Å². The molecule has 320 valence electrons. The van der Waals surface area contributed by atoms with Crippen LogP contribution >= 0.6 is 0 Å². The molecule has 0 spiro atoms. The Morgan fingerprint density at radius 2 is 1.32 bits per heavy atom. The van der Waals surface area contributed by atoms with E-state index in [0.29, 0.717) is 17.7 Å². The van der Waals surface area contributed by atoms with Gasteiger partial charge in [-0.3, -0.25) is 4.57 Å². The standard InChI is InChI=1S/C53H60BN7.Pt/c1-34(2)41-23-18-24-42(35(3)4)48(41)59-30-29-56-50(59)49-57-33-45(58-49)53(12,13)52(10,11)39-25-26-43-44(31-39)61(46-32-38(27-28-55-46)51(7,8)9)54(47-36(5)19-17-20-37(47)6)60(43)40-21-15-14-16-22-40;/h14-30,32-35H,1-13H3;/q-2;+2. The van der Waals surface area contributed by atoms with E-state index in [0.717, 1.165) is 40.0 Å². The molecule has 0 N–H and O–H groups in total. The number of aromatic nitrogens is 5. The van der Waals surface area contributed by atoms with Crippen molar-refractivity contribution in [1.82, 2.24) is 24.5 Å². The minimum atomic E-state index is -0.460. The summed E-state index contributed by atoms with van der Waals surface area (Å²) in [7, 11) is 0. The number of imidazole rings is 2. The van der Waals surface area contributed by atoms with E-state index < -0.39 is 10.8 Å². The molecule has 4 aromatic carbocycles. The SMILES string of the molecule is Cc1cccc(C)c1B1N(c2cc(C(C)(C)C)ccn2)c2[c-]c(C(C)(C)C(C)(C)c3cnc(-c4nccn4-c4c(C(C)C)cccc4C(C)C)[n-]3)ccc2N1c1ccccc1.[Pt+2]. The first kappa shape index (κ1) is 44.8. The first-order chi connectivity index (χ1) is 28.9. The normalized spacial score (nSPS) is 13.3. The molecule has 4 heterocycles. The van der Waals surface area contributed by atoms with Crippen molar-refractivity contribution in [2.24, 2.45) is 0 Å². The summed E-state index contributed by atoms with van der Waals surface area (Å²) in [6.07, 6.45) is 7.82. The predicted molar refractivity (Wildman–Crippen MR) is 255 cm³/mol. The van der Waals surface area contributed by atoms with Gasteiger partial charge in [0.05, 0.1) is 5.69 Å². The monoisotopic (exact) mass is 1000 g/mol. The first-order valence-electron chi connectivity index (χ1n) is 21.8. The van der Waals surface area contributed by atoms with Gasteiger partial charge in [-0.25, -0.2) is 9.97 Å². The minimum Gasteiger partial charge on any atom is -0.440 e. The molecule has 0 radical (unpaired) electrons. The zero-order valence-electron chi connectivity index (χ0n) is 38.6. The number of aryl methyl sites for hydroxylation is 2. The van der Waals surface area contributed by atoms with Crippen LogP contribution in [0.2, 0.25) is 0 Å². The molecule has 0 unspecified atom stereocenters. The molecule has 9 heteroatoms. The average molecular weight is 1000 g/mol. The van der Waals surface area contributed by atoms with E-state index in [4.69, 9.17) is 19.9 Å². The second-order valence-corrected chi connectivity index (χ2v) is 19.6. The second-order valence-electron chi connectivity index (χ2n) is 19.6.